The zero-order chi connectivity index (χ0) is 11.7. The number of hydrogen-bond donors (Lipinski definition) is 1. The minimum atomic E-state index is 0.643. The van der Waals surface area contributed by atoms with Crippen LogP contribution in [0.2, 0.25) is 0 Å². The van der Waals surface area contributed by atoms with Gasteiger partial charge in [0.2, 0.25) is 0 Å². The van der Waals surface area contributed by atoms with E-state index in [9.17, 15) is 0 Å². The summed E-state index contributed by atoms with van der Waals surface area (Å²) in [6, 6.07) is 6.20. The molecule has 0 saturated heterocycles. The first-order valence-electron chi connectivity index (χ1n) is 5.50. The Bertz CT molecular complexity index is 556. The summed E-state index contributed by atoms with van der Waals surface area (Å²) >= 11 is 8.85. The van der Waals surface area contributed by atoms with Crippen LogP contribution in [-0.2, 0) is 6.54 Å². The molecule has 0 aliphatic rings. The van der Waals surface area contributed by atoms with Gasteiger partial charge in [-0.25, -0.2) is 0 Å². The number of halogens is 1. The van der Waals surface area contributed by atoms with Gasteiger partial charge in [-0.2, -0.15) is 0 Å². The lowest BCUT2D eigenvalue weighted by molar-refractivity contribution is 0.473. The summed E-state index contributed by atoms with van der Waals surface area (Å²) in [6.45, 7) is 5.43. The van der Waals surface area contributed by atoms with Crippen molar-refractivity contribution in [2.24, 2.45) is 5.92 Å². The molecule has 1 aromatic carbocycles. The standard InChI is InChI=1S/C12H15BrN2S/c1-3-8(2)7-15-11-6-9(13)4-5-10(11)14-12(15)16/h4-6,8H,3,7H2,1-2H3,(H,14,16). The van der Waals surface area contributed by atoms with Crippen LogP contribution in [0.15, 0.2) is 22.7 Å². The molecule has 1 unspecified atom stereocenters. The molecule has 4 heteroatoms. The normalized spacial score (nSPS) is 13.2. The maximum atomic E-state index is 5.35. The summed E-state index contributed by atoms with van der Waals surface area (Å²) in [7, 11) is 0. The van der Waals surface area contributed by atoms with E-state index >= 15 is 0 Å². The molecule has 0 saturated carbocycles. The molecule has 16 heavy (non-hydrogen) atoms. The van der Waals surface area contributed by atoms with Crippen LogP contribution in [0.3, 0.4) is 0 Å². The zero-order valence-corrected chi connectivity index (χ0v) is 11.9. The molecule has 0 spiro atoms. The smallest absolute Gasteiger partial charge is 0.178 e. The van der Waals surface area contributed by atoms with Crippen LogP contribution in [0.4, 0.5) is 0 Å². The third-order valence-electron chi connectivity index (χ3n) is 2.93. The Morgan fingerprint density at radius 3 is 2.94 bits per heavy atom. The van der Waals surface area contributed by atoms with Gasteiger partial charge < -0.3 is 9.55 Å². The number of imidazole rings is 1. The molecule has 0 aliphatic carbocycles. The van der Waals surface area contributed by atoms with Crippen molar-refractivity contribution in [2.75, 3.05) is 0 Å². The van der Waals surface area contributed by atoms with Gasteiger partial charge in [-0.3, -0.25) is 0 Å². The SMILES string of the molecule is CCC(C)Cn1c(=S)[nH]c2ccc(Br)cc21. The fraction of sp³-hybridized carbons (Fsp3) is 0.417. The second-order valence-corrected chi connectivity index (χ2v) is 5.52. The summed E-state index contributed by atoms with van der Waals surface area (Å²) in [6.07, 6.45) is 1.17. The van der Waals surface area contributed by atoms with E-state index in [0.29, 0.717) is 5.92 Å². The number of aromatic nitrogens is 2. The van der Waals surface area contributed by atoms with Crippen LogP contribution in [0.5, 0.6) is 0 Å². The van der Waals surface area contributed by atoms with Crippen molar-refractivity contribution in [3.05, 3.63) is 27.4 Å². The summed E-state index contributed by atoms with van der Waals surface area (Å²) < 4.78 is 4.09. The molecule has 1 aromatic heterocycles. The lowest BCUT2D eigenvalue weighted by Gasteiger charge is -2.10. The quantitative estimate of drug-likeness (QED) is 0.827. The largest absolute Gasteiger partial charge is 0.331 e. The fourth-order valence-electron chi connectivity index (χ4n) is 1.75. The Kier molecular flexibility index (Phi) is 3.50. The van der Waals surface area contributed by atoms with Gasteiger partial charge >= 0.3 is 0 Å². The second-order valence-electron chi connectivity index (χ2n) is 4.22. The predicted molar refractivity (Wildman–Crippen MR) is 74.3 cm³/mol. The molecule has 0 amide bonds. The van der Waals surface area contributed by atoms with Crippen molar-refractivity contribution in [2.45, 2.75) is 26.8 Å². The topological polar surface area (TPSA) is 20.7 Å². The Morgan fingerprint density at radius 1 is 1.50 bits per heavy atom. The fourth-order valence-corrected chi connectivity index (χ4v) is 2.38. The van der Waals surface area contributed by atoms with E-state index in [1.54, 1.807) is 0 Å². The third-order valence-corrected chi connectivity index (χ3v) is 3.74. The van der Waals surface area contributed by atoms with Crippen LogP contribution in [0.25, 0.3) is 11.0 Å². The van der Waals surface area contributed by atoms with Gasteiger partial charge in [0.1, 0.15) is 0 Å². The molecule has 2 nitrogen and oxygen atoms in total. The van der Waals surface area contributed by atoms with Crippen LogP contribution in [0, 0.1) is 10.7 Å². The van der Waals surface area contributed by atoms with E-state index in [1.165, 1.54) is 11.9 Å². The molecule has 2 aromatic rings. The molecule has 1 atom stereocenters. The third kappa shape index (κ3) is 2.23. The molecule has 2 rings (SSSR count). The number of H-pyrrole nitrogens is 1. The first kappa shape index (κ1) is 11.9. The number of hydrogen-bond acceptors (Lipinski definition) is 1. The average Bonchev–Trinajstić information content (AvgIpc) is 2.55. The van der Waals surface area contributed by atoms with Crippen molar-refractivity contribution in [3.63, 3.8) is 0 Å². The Labute approximate surface area is 109 Å². The summed E-state index contributed by atoms with van der Waals surface area (Å²) in [5, 5.41) is 0. The highest BCUT2D eigenvalue weighted by atomic mass is 79.9. The summed E-state index contributed by atoms with van der Waals surface area (Å²) in [4.78, 5) is 3.24. The van der Waals surface area contributed by atoms with E-state index in [4.69, 9.17) is 12.2 Å². The highest BCUT2D eigenvalue weighted by Crippen LogP contribution is 2.21. The number of nitrogens with zero attached hydrogens (tertiary/aromatic N) is 1. The Balaban J connectivity index is 2.54. The van der Waals surface area contributed by atoms with Crippen molar-refractivity contribution in [3.8, 4) is 0 Å². The number of fused-ring (bicyclic) bond motifs is 1. The average molecular weight is 299 g/mol. The number of benzene rings is 1. The van der Waals surface area contributed by atoms with E-state index in [2.05, 4.69) is 51.5 Å². The van der Waals surface area contributed by atoms with Gasteiger partial charge in [0.05, 0.1) is 11.0 Å². The minimum Gasteiger partial charge on any atom is -0.331 e. The van der Waals surface area contributed by atoms with E-state index in [1.807, 2.05) is 6.07 Å². The highest BCUT2D eigenvalue weighted by molar-refractivity contribution is 9.10. The van der Waals surface area contributed by atoms with Crippen LogP contribution < -0.4 is 0 Å². The van der Waals surface area contributed by atoms with E-state index < -0.39 is 0 Å². The van der Waals surface area contributed by atoms with Gasteiger partial charge in [-0.05, 0) is 36.3 Å². The number of aromatic amines is 1. The second kappa shape index (κ2) is 4.72. The Morgan fingerprint density at radius 2 is 2.25 bits per heavy atom. The molecule has 1 heterocycles. The maximum Gasteiger partial charge on any atom is 0.178 e. The monoisotopic (exact) mass is 298 g/mol. The lowest BCUT2D eigenvalue weighted by Crippen LogP contribution is -2.06. The molecule has 0 radical (unpaired) electrons. The zero-order valence-electron chi connectivity index (χ0n) is 9.46. The number of rotatable bonds is 3. The van der Waals surface area contributed by atoms with Gasteiger partial charge in [0, 0.05) is 11.0 Å². The summed E-state index contributed by atoms with van der Waals surface area (Å²) in [5.41, 5.74) is 2.29. The molecule has 86 valence electrons. The molecule has 0 aliphatic heterocycles. The van der Waals surface area contributed by atoms with Crippen molar-refractivity contribution in [1.82, 2.24) is 9.55 Å². The van der Waals surface area contributed by atoms with Crippen LogP contribution in [0.1, 0.15) is 20.3 Å². The van der Waals surface area contributed by atoms with Gasteiger partial charge in [-0.1, -0.05) is 36.2 Å². The van der Waals surface area contributed by atoms with E-state index in [-0.39, 0.29) is 0 Å². The van der Waals surface area contributed by atoms with Crippen molar-refractivity contribution < 1.29 is 0 Å². The lowest BCUT2D eigenvalue weighted by atomic mass is 10.1. The van der Waals surface area contributed by atoms with Gasteiger partial charge in [0.15, 0.2) is 4.77 Å². The van der Waals surface area contributed by atoms with Crippen LogP contribution in [-0.4, -0.2) is 9.55 Å². The predicted octanol–water partition coefficient (Wildman–Crippen LogP) is 4.51. The first-order valence-corrected chi connectivity index (χ1v) is 6.70. The number of nitrogens with one attached hydrogen (secondary N) is 1. The highest BCUT2D eigenvalue weighted by Gasteiger charge is 2.07. The molecule has 0 fully saturated rings. The van der Waals surface area contributed by atoms with Crippen molar-refractivity contribution in [1.29, 1.82) is 0 Å². The Hall–Kier alpha value is -0.610. The van der Waals surface area contributed by atoms with Gasteiger partial charge in [0.25, 0.3) is 0 Å². The van der Waals surface area contributed by atoms with Crippen molar-refractivity contribution >= 4 is 39.2 Å². The molecular formula is C12H15BrN2S. The van der Waals surface area contributed by atoms with E-state index in [0.717, 1.165) is 21.3 Å². The molecule has 1 N–H and O–H groups in total. The molecule has 0 bridgehead atoms. The first-order chi connectivity index (χ1) is 7.61. The summed E-state index contributed by atoms with van der Waals surface area (Å²) in [5.74, 6) is 0.643. The maximum absolute atomic E-state index is 5.35. The minimum absolute atomic E-state index is 0.643. The van der Waals surface area contributed by atoms with Crippen LogP contribution >= 0.6 is 28.1 Å². The van der Waals surface area contributed by atoms with Gasteiger partial charge in [-0.15, -0.1) is 0 Å². The molecular weight excluding hydrogens is 284 g/mol.